The van der Waals surface area contributed by atoms with Gasteiger partial charge in [-0.3, -0.25) is 9.59 Å². The number of carbonyl (C=O) groups excluding carboxylic acids is 2. The molecule has 6 heteroatoms. The molecule has 0 fully saturated rings. The van der Waals surface area contributed by atoms with Crippen LogP contribution in [0.15, 0.2) is 42.5 Å². The fourth-order valence-corrected chi connectivity index (χ4v) is 3.08. The van der Waals surface area contributed by atoms with Gasteiger partial charge in [0.2, 0.25) is 11.8 Å². The summed E-state index contributed by atoms with van der Waals surface area (Å²) in [6.07, 6.45) is 0.215. The lowest BCUT2D eigenvalue weighted by Crippen LogP contribution is -2.47. The molecule has 2 amide bonds. The summed E-state index contributed by atoms with van der Waals surface area (Å²) < 4.78 is 0. The molecule has 2 aromatic rings. The summed E-state index contributed by atoms with van der Waals surface area (Å²) in [4.78, 5) is 26.6. The van der Waals surface area contributed by atoms with Gasteiger partial charge in [-0.1, -0.05) is 59.1 Å². The molecule has 0 heterocycles. The van der Waals surface area contributed by atoms with Crippen LogP contribution in [0.5, 0.6) is 0 Å². The van der Waals surface area contributed by atoms with Crippen molar-refractivity contribution in [2.45, 2.75) is 32.9 Å². The zero-order chi connectivity index (χ0) is 19.3. The van der Waals surface area contributed by atoms with Gasteiger partial charge in [0.05, 0.1) is 6.42 Å². The topological polar surface area (TPSA) is 49.4 Å². The number of benzene rings is 2. The molecule has 0 aromatic heterocycles. The third kappa shape index (κ3) is 5.23. The summed E-state index contributed by atoms with van der Waals surface area (Å²) >= 11 is 12.2. The fourth-order valence-electron chi connectivity index (χ4n) is 2.61. The molecule has 1 atom stereocenters. The standard InChI is InChI=1S/C20H22Cl2N2O2/c1-13-4-6-15(7-5-13)10-19(25)24(14(2)20(26)23-3)12-16-8-9-17(21)11-18(16)22/h4-9,11,14H,10,12H2,1-3H3,(H,23,26)/t14-/m1/s1. The first-order chi connectivity index (χ1) is 12.3. The largest absolute Gasteiger partial charge is 0.357 e. The summed E-state index contributed by atoms with van der Waals surface area (Å²) in [5.41, 5.74) is 2.77. The minimum absolute atomic E-state index is 0.143. The van der Waals surface area contributed by atoms with E-state index in [0.29, 0.717) is 10.0 Å². The van der Waals surface area contributed by atoms with Crippen molar-refractivity contribution in [2.75, 3.05) is 7.05 Å². The predicted molar refractivity (Wildman–Crippen MR) is 105 cm³/mol. The van der Waals surface area contributed by atoms with Crippen molar-refractivity contribution in [1.82, 2.24) is 10.2 Å². The Hall–Kier alpha value is -2.04. The first-order valence-corrected chi connectivity index (χ1v) is 9.08. The van der Waals surface area contributed by atoms with Gasteiger partial charge in [-0.15, -0.1) is 0 Å². The minimum atomic E-state index is -0.621. The van der Waals surface area contributed by atoms with Gasteiger partial charge in [-0.2, -0.15) is 0 Å². The summed E-state index contributed by atoms with van der Waals surface area (Å²) in [5.74, 6) is -0.372. The van der Waals surface area contributed by atoms with Crippen molar-refractivity contribution in [3.05, 3.63) is 69.2 Å². The molecule has 4 nitrogen and oxygen atoms in total. The SMILES string of the molecule is CNC(=O)[C@@H](C)N(Cc1ccc(Cl)cc1Cl)C(=O)Cc1ccc(C)cc1. The second kappa shape index (κ2) is 9.06. The van der Waals surface area contributed by atoms with E-state index in [9.17, 15) is 9.59 Å². The molecule has 0 aliphatic carbocycles. The third-order valence-corrected chi connectivity index (χ3v) is 4.83. The van der Waals surface area contributed by atoms with E-state index in [1.54, 1.807) is 32.2 Å². The van der Waals surface area contributed by atoms with Crippen molar-refractivity contribution in [3.8, 4) is 0 Å². The van der Waals surface area contributed by atoms with Crippen LogP contribution < -0.4 is 5.32 Å². The molecule has 0 spiro atoms. The molecule has 0 aliphatic rings. The Balaban J connectivity index is 2.26. The van der Waals surface area contributed by atoms with Gasteiger partial charge in [0, 0.05) is 23.6 Å². The predicted octanol–water partition coefficient (Wildman–Crippen LogP) is 4.01. The average Bonchev–Trinajstić information content (AvgIpc) is 2.61. The molecule has 0 saturated heterocycles. The Morgan fingerprint density at radius 2 is 1.77 bits per heavy atom. The molecule has 0 radical (unpaired) electrons. The van der Waals surface area contributed by atoms with E-state index < -0.39 is 6.04 Å². The fraction of sp³-hybridized carbons (Fsp3) is 0.300. The van der Waals surface area contributed by atoms with Crippen molar-refractivity contribution >= 4 is 35.0 Å². The first kappa shape index (κ1) is 20.3. The smallest absolute Gasteiger partial charge is 0.242 e. The van der Waals surface area contributed by atoms with Crippen molar-refractivity contribution < 1.29 is 9.59 Å². The lowest BCUT2D eigenvalue weighted by atomic mass is 10.1. The second-order valence-electron chi connectivity index (χ2n) is 6.21. The molecule has 0 unspecified atom stereocenters. The number of amides is 2. The van der Waals surface area contributed by atoms with Gasteiger partial charge in [0.25, 0.3) is 0 Å². The first-order valence-electron chi connectivity index (χ1n) is 8.32. The van der Waals surface area contributed by atoms with Crippen LogP contribution in [0.4, 0.5) is 0 Å². The molecular formula is C20H22Cl2N2O2. The normalized spacial score (nSPS) is 11.7. The van der Waals surface area contributed by atoms with Crippen LogP contribution in [0.2, 0.25) is 10.0 Å². The highest BCUT2D eigenvalue weighted by Crippen LogP contribution is 2.23. The molecule has 1 N–H and O–H groups in total. The van der Waals surface area contributed by atoms with Crippen molar-refractivity contribution in [3.63, 3.8) is 0 Å². The Labute approximate surface area is 164 Å². The summed E-state index contributed by atoms with van der Waals surface area (Å²) in [6, 6.07) is 12.3. The maximum atomic E-state index is 12.9. The van der Waals surface area contributed by atoms with Gasteiger partial charge >= 0.3 is 0 Å². The molecule has 2 rings (SSSR count). The lowest BCUT2D eigenvalue weighted by Gasteiger charge is -2.29. The lowest BCUT2D eigenvalue weighted by molar-refractivity contribution is -0.139. The maximum absolute atomic E-state index is 12.9. The number of carbonyl (C=O) groups is 2. The number of hydrogen-bond donors (Lipinski definition) is 1. The van der Waals surface area contributed by atoms with E-state index in [0.717, 1.165) is 16.7 Å². The quantitative estimate of drug-likeness (QED) is 0.806. The van der Waals surface area contributed by atoms with Gasteiger partial charge in [-0.25, -0.2) is 0 Å². The Morgan fingerprint density at radius 1 is 1.12 bits per heavy atom. The van der Waals surface area contributed by atoms with Crippen LogP contribution in [0.3, 0.4) is 0 Å². The number of rotatable bonds is 6. The van der Waals surface area contributed by atoms with E-state index in [1.807, 2.05) is 31.2 Å². The highest BCUT2D eigenvalue weighted by molar-refractivity contribution is 6.35. The number of nitrogens with zero attached hydrogens (tertiary/aromatic N) is 1. The minimum Gasteiger partial charge on any atom is -0.357 e. The Morgan fingerprint density at radius 3 is 2.35 bits per heavy atom. The van der Waals surface area contributed by atoms with Crippen LogP contribution >= 0.6 is 23.2 Å². The van der Waals surface area contributed by atoms with Gasteiger partial charge in [0.15, 0.2) is 0 Å². The molecule has 138 valence electrons. The van der Waals surface area contributed by atoms with Crippen LogP contribution in [0.1, 0.15) is 23.6 Å². The molecular weight excluding hydrogens is 371 g/mol. The van der Waals surface area contributed by atoms with Crippen LogP contribution in [-0.2, 0) is 22.6 Å². The van der Waals surface area contributed by atoms with Crippen molar-refractivity contribution in [2.24, 2.45) is 0 Å². The molecule has 2 aromatic carbocycles. The zero-order valence-corrected chi connectivity index (χ0v) is 16.6. The number of hydrogen-bond acceptors (Lipinski definition) is 2. The van der Waals surface area contributed by atoms with Gasteiger partial charge in [-0.05, 0) is 37.1 Å². The van der Waals surface area contributed by atoms with Gasteiger partial charge in [0.1, 0.15) is 6.04 Å². The van der Waals surface area contributed by atoms with E-state index >= 15 is 0 Å². The second-order valence-corrected chi connectivity index (χ2v) is 7.05. The maximum Gasteiger partial charge on any atom is 0.242 e. The van der Waals surface area contributed by atoms with Crippen LogP contribution in [-0.4, -0.2) is 29.8 Å². The number of likely N-dealkylation sites (N-methyl/N-ethyl adjacent to an activating group) is 1. The Bertz CT molecular complexity index is 791. The monoisotopic (exact) mass is 392 g/mol. The Kier molecular flexibility index (Phi) is 7.06. The van der Waals surface area contributed by atoms with Crippen LogP contribution in [0.25, 0.3) is 0 Å². The summed E-state index contributed by atoms with van der Waals surface area (Å²) in [7, 11) is 1.55. The molecule has 0 aliphatic heterocycles. The zero-order valence-electron chi connectivity index (χ0n) is 15.1. The molecule has 0 bridgehead atoms. The third-order valence-electron chi connectivity index (χ3n) is 4.25. The number of nitrogens with one attached hydrogen (secondary N) is 1. The molecule has 0 saturated carbocycles. The van der Waals surface area contributed by atoms with Gasteiger partial charge < -0.3 is 10.2 Å². The van der Waals surface area contributed by atoms with E-state index in [4.69, 9.17) is 23.2 Å². The molecule has 26 heavy (non-hydrogen) atoms. The van der Waals surface area contributed by atoms with Crippen molar-refractivity contribution in [1.29, 1.82) is 0 Å². The van der Waals surface area contributed by atoms with E-state index in [1.165, 1.54) is 4.90 Å². The summed E-state index contributed by atoms with van der Waals surface area (Å²) in [5, 5.41) is 3.59. The average molecular weight is 393 g/mol. The summed E-state index contributed by atoms with van der Waals surface area (Å²) in [6.45, 7) is 3.93. The highest BCUT2D eigenvalue weighted by atomic mass is 35.5. The van der Waals surface area contributed by atoms with E-state index in [2.05, 4.69) is 5.32 Å². The van der Waals surface area contributed by atoms with Crippen LogP contribution in [0, 0.1) is 6.92 Å². The number of aryl methyl sites for hydroxylation is 1. The van der Waals surface area contributed by atoms with E-state index in [-0.39, 0.29) is 24.8 Å². The number of halogens is 2. The highest BCUT2D eigenvalue weighted by Gasteiger charge is 2.26.